The highest BCUT2D eigenvalue weighted by Crippen LogP contribution is 2.41. The molecule has 176 valence electrons. The Morgan fingerprint density at radius 3 is 2.53 bits per heavy atom. The lowest BCUT2D eigenvalue weighted by Gasteiger charge is -2.39. The number of rotatable bonds is 5. The summed E-state index contributed by atoms with van der Waals surface area (Å²) >= 11 is 0. The lowest BCUT2D eigenvalue weighted by atomic mass is 9.85. The van der Waals surface area contributed by atoms with Gasteiger partial charge in [-0.1, -0.05) is 36.4 Å². The topological polar surface area (TPSA) is 45.7 Å². The number of fused-ring (bicyclic) bond motifs is 3. The Morgan fingerprint density at radius 2 is 1.71 bits per heavy atom. The molecule has 5 nitrogen and oxygen atoms in total. The Bertz CT molecular complexity index is 1160. The highest BCUT2D eigenvalue weighted by atomic mass is 16.5. The maximum Gasteiger partial charge on any atom is 0.254 e. The van der Waals surface area contributed by atoms with Crippen LogP contribution in [-0.2, 0) is 17.7 Å². The van der Waals surface area contributed by atoms with Crippen molar-refractivity contribution in [2.45, 2.75) is 50.7 Å². The Morgan fingerprint density at radius 1 is 0.971 bits per heavy atom. The van der Waals surface area contributed by atoms with Gasteiger partial charge in [0.25, 0.3) is 5.91 Å². The quantitative estimate of drug-likeness (QED) is 0.560. The minimum absolute atomic E-state index is 0.238. The molecule has 6 rings (SSSR count). The SMILES string of the molecule is O=C(c1ccccc1CN1CCOCC1)N1C2CCC1CC(Cc1cnc3ccccc3c1)C2. The normalized spacial score (nSPS) is 25.1. The van der Waals surface area contributed by atoms with Crippen LogP contribution in [0.1, 0.15) is 47.2 Å². The minimum atomic E-state index is 0.238. The molecule has 3 saturated heterocycles. The number of pyridine rings is 1. The van der Waals surface area contributed by atoms with Crippen molar-refractivity contribution in [1.82, 2.24) is 14.8 Å². The fourth-order valence-electron chi connectivity index (χ4n) is 6.36. The predicted molar refractivity (Wildman–Crippen MR) is 134 cm³/mol. The number of para-hydroxylation sites is 1. The van der Waals surface area contributed by atoms with Gasteiger partial charge in [-0.05, 0) is 67.3 Å². The molecule has 1 amide bonds. The number of ether oxygens (including phenoxy) is 1. The molecule has 2 bridgehead atoms. The first-order valence-corrected chi connectivity index (χ1v) is 12.8. The second kappa shape index (κ2) is 9.47. The molecule has 0 radical (unpaired) electrons. The number of amides is 1. The van der Waals surface area contributed by atoms with Crippen molar-refractivity contribution < 1.29 is 9.53 Å². The number of aromatic nitrogens is 1. The van der Waals surface area contributed by atoms with Crippen LogP contribution in [0.15, 0.2) is 60.8 Å². The van der Waals surface area contributed by atoms with Crippen molar-refractivity contribution >= 4 is 16.8 Å². The zero-order valence-corrected chi connectivity index (χ0v) is 19.7. The molecular formula is C29H33N3O2. The number of carbonyl (C=O) groups excluding carboxylic acids is 1. The molecule has 3 aliphatic heterocycles. The highest BCUT2D eigenvalue weighted by molar-refractivity contribution is 5.96. The van der Waals surface area contributed by atoms with Gasteiger partial charge in [0.2, 0.25) is 0 Å². The van der Waals surface area contributed by atoms with Gasteiger partial charge in [-0.15, -0.1) is 0 Å². The van der Waals surface area contributed by atoms with Gasteiger partial charge < -0.3 is 9.64 Å². The van der Waals surface area contributed by atoms with E-state index in [0.29, 0.717) is 18.0 Å². The lowest BCUT2D eigenvalue weighted by Crippen LogP contribution is -2.47. The minimum Gasteiger partial charge on any atom is -0.379 e. The van der Waals surface area contributed by atoms with E-state index in [4.69, 9.17) is 4.74 Å². The molecule has 2 aromatic carbocycles. The molecule has 5 heteroatoms. The number of hydrogen-bond acceptors (Lipinski definition) is 4. The molecule has 0 spiro atoms. The van der Waals surface area contributed by atoms with Crippen LogP contribution in [-0.4, -0.2) is 59.1 Å². The van der Waals surface area contributed by atoms with Crippen molar-refractivity contribution in [3.05, 3.63) is 77.5 Å². The van der Waals surface area contributed by atoms with Crippen LogP contribution in [0, 0.1) is 5.92 Å². The van der Waals surface area contributed by atoms with Crippen molar-refractivity contribution in [1.29, 1.82) is 0 Å². The van der Waals surface area contributed by atoms with Gasteiger partial charge in [0, 0.05) is 48.9 Å². The van der Waals surface area contributed by atoms with E-state index in [-0.39, 0.29) is 5.91 Å². The van der Waals surface area contributed by atoms with E-state index < -0.39 is 0 Å². The van der Waals surface area contributed by atoms with Crippen LogP contribution in [0.3, 0.4) is 0 Å². The Kier molecular flexibility index (Phi) is 6.06. The Balaban J connectivity index is 1.16. The summed E-state index contributed by atoms with van der Waals surface area (Å²) in [5, 5.41) is 1.22. The average Bonchev–Trinajstić information content (AvgIpc) is 3.14. The van der Waals surface area contributed by atoms with E-state index in [1.54, 1.807) is 0 Å². The molecular weight excluding hydrogens is 422 g/mol. The fraction of sp³-hybridized carbons (Fsp3) is 0.448. The standard InChI is InChI=1S/C29H33N3O2/c33-29(27-7-3-1-6-24(27)20-31-11-13-34-14-12-31)32-25-9-10-26(32)18-21(17-25)15-22-16-23-5-2-4-8-28(23)30-19-22/h1-8,16,19,21,25-26H,9-15,17-18,20H2. The molecule has 4 heterocycles. The third-order valence-corrected chi connectivity index (χ3v) is 7.98. The van der Waals surface area contributed by atoms with Gasteiger partial charge in [-0.25, -0.2) is 0 Å². The monoisotopic (exact) mass is 455 g/mol. The summed E-state index contributed by atoms with van der Waals surface area (Å²) in [7, 11) is 0. The molecule has 3 aromatic rings. The largest absolute Gasteiger partial charge is 0.379 e. The summed E-state index contributed by atoms with van der Waals surface area (Å²) in [6.45, 7) is 4.25. The first kappa shape index (κ1) is 21.8. The zero-order valence-electron chi connectivity index (χ0n) is 19.7. The van der Waals surface area contributed by atoms with E-state index in [9.17, 15) is 4.79 Å². The summed E-state index contributed by atoms with van der Waals surface area (Å²) in [6, 6.07) is 19.6. The second-order valence-corrected chi connectivity index (χ2v) is 10.2. The third kappa shape index (κ3) is 4.35. The van der Waals surface area contributed by atoms with Gasteiger partial charge >= 0.3 is 0 Å². The van der Waals surface area contributed by atoms with Gasteiger partial charge in [-0.2, -0.15) is 0 Å². The van der Waals surface area contributed by atoms with E-state index >= 15 is 0 Å². The fourth-order valence-corrected chi connectivity index (χ4v) is 6.36. The molecule has 3 aliphatic rings. The molecule has 0 aliphatic carbocycles. The Hall–Kier alpha value is -2.76. The third-order valence-electron chi connectivity index (χ3n) is 7.98. The van der Waals surface area contributed by atoms with Crippen LogP contribution in [0.2, 0.25) is 0 Å². The van der Waals surface area contributed by atoms with Crippen LogP contribution in [0.25, 0.3) is 10.9 Å². The summed E-state index contributed by atoms with van der Waals surface area (Å²) < 4.78 is 5.50. The molecule has 2 atom stereocenters. The van der Waals surface area contributed by atoms with Gasteiger partial charge in [-0.3, -0.25) is 14.7 Å². The van der Waals surface area contributed by atoms with E-state index in [1.807, 2.05) is 24.4 Å². The molecule has 2 unspecified atom stereocenters. The smallest absolute Gasteiger partial charge is 0.254 e. The van der Waals surface area contributed by atoms with E-state index in [0.717, 1.165) is 81.6 Å². The van der Waals surface area contributed by atoms with Crippen LogP contribution in [0.4, 0.5) is 0 Å². The molecule has 3 fully saturated rings. The van der Waals surface area contributed by atoms with E-state index in [1.165, 1.54) is 10.9 Å². The number of piperidine rings is 1. The van der Waals surface area contributed by atoms with Gasteiger partial charge in [0.05, 0.1) is 18.7 Å². The van der Waals surface area contributed by atoms with Crippen LogP contribution in [0.5, 0.6) is 0 Å². The molecule has 1 aromatic heterocycles. The van der Waals surface area contributed by atoms with Crippen molar-refractivity contribution in [2.75, 3.05) is 26.3 Å². The average molecular weight is 456 g/mol. The van der Waals surface area contributed by atoms with Crippen molar-refractivity contribution in [3.63, 3.8) is 0 Å². The second-order valence-electron chi connectivity index (χ2n) is 10.2. The highest BCUT2D eigenvalue weighted by Gasteiger charge is 2.43. The summed E-state index contributed by atoms with van der Waals surface area (Å²) in [4.78, 5) is 23.1. The lowest BCUT2D eigenvalue weighted by molar-refractivity contribution is 0.0337. The maximum atomic E-state index is 13.8. The number of benzene rings is 2. The maximum absolute atomic E-state index is 13.8. The number of nitrogens with zero attached hydrogens (tertiary/aromatic N) is 3. The zero-order chi connectivity index (χ0) is 22.9. The van der Waals surface area contributed by atoms with Crippen LogP contribution >= 0.6 is 0 Å². The molecule has 34 heavy (non-hydrogen) atoms. The first-order valence-electron chi connectivity index (χ1n) is 12.8. The summed E-state index contributed by atoms with van der Waals surface area (Å²) in [5.74, 6) is 0.857. The van der Waals surface area contributed by atoms with Crippen LogP contribution < -0.4 is 0 Å². The number of carbonyl (C=O) groups is 1. The summed E-state index contributed by atoms with van der Waals surface area (Å²) in [6.07, 6.45) is 7.56. The van der Waals surface area contributed by atoms with E-state index in [2.05, 4.69) is 51.2 Å². The molecule has 0 saturated carbocycles. The van der Waals surface area contributed by atoms with Crippen molar-refractivity contribution in [2.24, 2.45) is 5.92 Å². The number of morpholine rings is 1. The Labute approximate surface area is 201 Å². The van der Waals surface area contributed by atoms with Gasteiger partial charge in [0.15, 0.2) is 0 Å². The summed E-state index contributed by atoms with van der Waals surface area (Å²) in [5.41, 5.74) is 4.42. The number of hydrogen-bond donors (Lipinski definition) is 0. The van der Waals surface area contributed by atoms with Crippen molar-refractivity contribution in [3.8, 4) is 0 Å². The predicted octanol–water partition coefficient (Wildman–Crippen LogP) is 4.69. The first-order chi connectivity index (χ1) is 16.7. The van der Waals surface area contributed by atoms with Gasteiger partial charge in [0.1, 0.15) is 0 Å². The molecule has 0 N–H and O–H groups in total.